The van der Waals surface area contributed by atoms with E-state index >= 15 is 0 Å². The monoisotopic (exact) mass is 456 g/mol. The van der Waals surface area contributed by atoms with Crippen LogP contribution in [0.2, 0.25) is 0 Å². The van der Waals surface area contributed by atoms with Crippen LogP contribution in [0.3, 0.4) is 0 Å². The first kappa shape index (κ1) is 23.5. The molecular weight excluding hydrogens is 426 g/mol. The Kier molecular flexibility index (Phi) is 11.3. The zero-order valence-electron chi connectivity index (χ0n) is 15.8. The van der Waals surface area contributed by atoms with Crippen LogP contribution in [-0.2, 0) is 20.8 Å². The number of hydrogen-bond donors (Lipinski definition) is 0. The second-order valence-corrected chi connectivity index (χ2v) is 10.8. The molecule has 3 heteroatoms. The van der Waals surface area contributed by atoms with Crippen LogP contribution in [0.1, 0.15) is 64.2 Å². The van der Waals surface area contributed by atoms with E-state index in [-0.39, 0.29) is 14.9 Å². The van der Waals surface area contributed by atoms with Crippen LogP contribution in [-0.4, -0.2) is 0 Å². The van der Waals surface area contributed by atoms with E-state index in [4.69, 9.17) is 17.0 Å². The summed E-state index contributed by atoms with van der Waals surface area (Å²) in [5, 5.41) is 0. The van der Waals surface area contributed by atoms with Gasteiger partial charge in [0, 0.05) is 0 Å². The van der Waals surface area contributed by atoms with E-state index in [1.54, 1.807) is 22.3 Å². The summed E-state index contributed by atoms with van der Waals surface area (Å²) >= 11 is -0.826. The quantitative estimate of drug-likeness (QED) is 0.374. The maximum atomic E-state index is 4.93. The molecule has 0 heterocycles. The number of halogens is 2. The van der Waals surface area contributed by atoms with E-state index < -0.39 is 20.8 Å². The Hall–Kier alpha value is 0.423. The molecule has 0 amide bonds. The summed E-state index contributed by atoms with van der Waals surface area (Å²) < 4.78 is 0. The van der Waals surface area contributed by atoms with Gasteiger partial charge in [-0.05, 0) is 87.2 Å². The number of hydrogen-bond acceptors (Lipinski definition) is 0. The zero-order chi connectivity index (χ0) is 16.1. The molecule has 0 fully saturated rings. The molecule has 0 radical (unpaired) electrons. The summed E-state index contributed by atoms with van der Waals surface area (Å²) in [6.45, 7) is 0. The van der Waals surface area contributed by atoms with Gasteiger partial charge in [-0.15, -0.1) is 0 Å². The van der Waals surface area contributed by atoms with Gasteiger partial charge in [-0.1, -0.05) is 35.5 Å². The maximum absolute atomic E-state index is 4.93. The molecule has 0 saturated carbocycles. The molecule has 25 heavy (non-hydrogen) atoms. The first-order valence-electron chi connectivity index (χ1n) is 9.10. The van der Waals surface area contributed by atoms with E-state index in [1.807, 2.05) is 0 Å². The third-order valence-electron chi connectivity index (χ3n) is 5.85. The minimum absolute atomic E-state index is 0. The zero-order valence-corrected chi connectivity index (χ0v) is 19.8. The van der Waals surface area contributed by atoms with E-state index in [0.29, 0.717) is 0 Å². The SMILES string of the molecule is C1=CC(CCC2C=CC3=C2CCCC3)C2=C1CCCC2.[CH3-].[CH3-].[Cl][Zr+2][Cl]. The first-order chi connectivity index (χ1) is 11.3. The van der Waals surface area contributed by atoms with Crippen molar-refractivity contribution in [2.24, 2.45) is 11.8 Å². The van der Waals surface area contributed by atoms with Crippen molar-refractivity contribution in [3.05, 3.63) is 61.4 Å². The molecule has 0 aromatic heterocycles. The average Bonchev–Trinajstić information content (AvgIpc) is 3.18. The standard InChI is InChI=1S/C20H26.2CH3.2ClH.Zr/c1-3-7-19-15(5-1)9-11-17(19)13-14-18-12-10-16-6-2-4-8-20(16)18;;;;;/h9-12,17-18H,1-8,13-14H2;2*1H3;2*1H;/q;2*-1;;;+4/p-2. The number of allylic oxidation sites excluding steroid dienone is 8. The molecule has 4 aliphatic carbocycles. The summed E-state index contributed by atoms with van der Waals surface area (Å²) in [7, 11) is 9.87. The number of rotatable bonds is 3. The summed E-state index contributed by atoms with van der Waals surface area (Å²) in [5.74, 6) is 1.57. The second-order valence-electron chi connectivity index (χ2n) is 7.10. The van der Waals surface area contributed by atoms with Crippen molar-refractivity contribution in [1.82, 2.24) is 0 Å². The van der Waals surface area contributed by atoms with Gasteiger partial charge in [-0.3, -0.25) is 0 Å². The molecule has 2 atom stereocenters. The van der Waals surface area contributed by atoms with Gasteiger partial charge >= 0.3 is 37.9 Å². The van der Waals surface area contributed by atoms with Crippen LogP contribution in [0.15, 0.2) is 46.6 Å². The minimum atomic E-state index is -0.826. The van der Waals surface area contributed by atoms with Gasteiger partial charge < -0.3 is 14.9 Å². The van der Waals surface area contributed by atoms with E-state index in [9.17, 15) is 0 Å². The Bertz CT molecular complexity index is 494. The van der Waals surface area contributed by atoms with Crippen LogP contribution in [0.25, 0.3) is 0 Å². The van der Waals surface area contributed by atoms with Crippen LogP contribution in [0, 0.1) is 26.7 Å². The molecule has 0 saturated heterocycles. The first-order valence-corrected chi connectivity index (χ1v) is 15.4. The van der Waals surface area contributed by atoms with Gasteiger partial charge in [0.25, 0.3) is 0 Å². The van der Waals surface area contributed by atoms with Gasteiger partial charge in [0.15, 0.2) is 0 Å². The fourth-order valence-electron chi connectivity index (χ4n) is 4.73. The Morgan fingerprint density at radius 2 is 1.08 bits per heavy atom. The molecule has 138 valence electrons. The van der Waals surface area contributed by atoms with Crippen LogP contribution in [0.4, 0.5) is 0 Å². The normalized spacial score (nSPS) is 26.0. The summed E-state index contributed by atoms with van der Waals surface area (Å²) in [6.07, 6.45) is 23.8. The van der Waals surface area contributed by atoms with Gasteiger partial charge in [-0.2, -0.15) is 0 Å². The molecule has 0 aromatic rings. The van der Waals surface area contributed by atoms with Crippen LogP contribution >= 0.6 is 17.0 Å². The third-order valence-corrected chi connectivity index (χ3v) is 5.85. The summed E-state index contributed by atoms with van der Waals surface area (Å²) in [4.78, 5) is 0. The predicted molar refractivity (Wildman–Crippen MR) is 110 cm³/mol. The van der Waals surface area contributed by atoms with Crippen LogP contribution in [0.5, 0.6) is 0 Å². The third kappa shape index (κ3) is 5.95. The Balaban J connectivity index is 0.000000586. The van der Waals surface area contributed by atoms with Crippen molar-refractivity contribution >= 4 is 17.0 Å². The van der Waals surface area contributed by atoms with Crippen LogP contribution < -0.4 is 0 Å². The Morgan fingerprint density at radius 3 is 1.48 bits per heavy atom. The fourth-order valence-corrected chi connectivity index (χ4v) is 4.73. The molecule has 2 unspecified atom stereocenters. The topological polar surface area (TPSA) is 0 Å². The van der Waals surface area contributed by atoms with Gasteiger partial charge in [-0.25, -0.2) is 0 Å². The molecule has 0 nitrogen and oxygen atoms in total. The van der Waals surface area contributed by atoms with E-state index in [1.165, 1.54) is 64.2 Å². The molecule has 0 N–H and O–H groups in total. The van der Waals surface area contributed by atoms with E-state index in [0.717, 1.165) is 11.8 Å². The molecule has 0 bridgehead atoms. The molecule has 0 aromatic carbocycles. The summed E-state index contributed by atoms with van der Waals surface area (Å²) in [5.41, 5.74) is 6.99. The van der Waals surface area contributed by atoms with Crippen molar-refractivity contribution in [1.29, 1.82) is 0 Å². The predicted octanol–water partition coefficient (Wildman–Crippen LogP) is 8.16. The Labute approximate surface area is 174 Å². The van der Waals surface area contributed by atoms with Crippen molar-refractivity contribution in [2.45, 2.75) is 64.2 Å². The summed E-state index contributed by atoms with van der Waals surface area (Å²) in [6, 6.07) is 0. The van der Waals surface area contributed by atoms with Crippen molar-refractivity contribution in [3.8, 4) is 0 Å². The fraction of sp³-hybridized carbons (Fsp3) is 0.545. The van der Waals surface area contributed by atoms with Gasteiger partial charge in [0.1, 0.15) is 0 Å². The molecular formula is C22H32Cl2Zr. The van der Waals surface area contributed by atoms with Crippen molar-refractivity contribution < 1.29 is 20.8 Å². The molecule has 0 spiro atoms. The van der Waals surface area contributed by atoms with Crippen molar-refractivity contribution in [3.63, 3.8) is 0 Å². The second kappa shape index (κ2) is 12.0. The molecule has 4 aliphatic rings. The van der Waals surface area contributed by atoms with E-state index in [2.05, 4.69) is 24.3 Å². The average molecular weight is 459 g/mol. The van der Waals surface area contributed by atoms with Crippen molar-refractivity contribution in [2.75, 3.05) is 0 Å². The van der Waals surface area contributed by atoms with Gasteiger partial charge in [0.2, 0.25) is 0 Å². The Morgan fingerprint density at radius 1 is 0.720 bits per heavy atom. The molecule has 0 aliphatic heterocycles. The van der Waals surface area contributed by atoms with Gasteiger partial charge in [0.05, 0.1) is 0 Å². The molecule has 4 rings (SSSR count).